The van der Waals surface area contributed by atoms with E-state index in [0.717, 1.165) is 5.75 Å². The first kappa shape index (κ1) is 14.2. The fourth-order valence-electron chi connectivity index (χ4n) is 1.76. The molecule has 2 aromatic rings. The van der Waals surface area contributed by atoms with Crippen molar-refractivity contribution >= 4 is 10.8 Å². The van der Waals surface area contributed by atoms with E-state index in [-0.39, 0.29) is 24.0 Å². The molecule has 0 saturated carbocycles. The minimum atomic E-state index is 0. The van der Waals surface area contributed by atoms with Gasteiger partial charge in [0.05, 0.1) is 6.61 Å². The van der Waals surface area contributed by atoms with Crippen LogP contribution in [-0.4, -0.2) is 6.61 Å². The molecule has 17 heavy (non-hydrogen) atoms. The van der Waals surface area contributed by atoms with Crippen LogP contribution >= 0.6 is 0 Å². The maximum atomic E-state index is 5.48. The normalized spacial score (nSPS) is 10.4. The molecule has 1 aromatic carbocycles. The number of ether oxygens (including phenoxy) is 1. The van der Waals surface area contributed by atoms with Crippen molar-refractivity contribution in [3.8, 4) is 5.75 Å². The average Bonchev–Trinajstić information content (AvgIpc) is 2.28. The highest BCUT2D eigenvalue weighted by Crippen LogP contribution is 2.19. The molecule has 0 N–H and O–H groups in total. The van der Waals surface area contributed by atoms with Gasteiger partial charge in [-0.3, -0.25) is 0 Å². The molecule has 0 aliphatic rings. The average molecular weight is 343 g/mol. The Morgan fingerprint density at radius 3 is 2.59 bits per heavy atom. The largest absolute Gasteiger partial charge is 1.00 e. The molecule has 0 spiro atoms. The lowest BCUT2D eigenvalue weighted by atomic mass is 10.1. The predicted octanol–water partition coefficient (Wildman–Crippen LogP) is 0.111. The number of benzene rings is 1. The van der Waals surface area contributed by atoms with Gasteiger partial charge in [-0.1, -0.05) is 0 Å². The topological polar surface area (TPSA) is 13.1 Å². The molecular weight excluding hydrogens is 325 g/mol. The Morgan fingerprint density at radius 1 is 1.18 bits per heavy atom. The smallest absolute Gasteiger partial charge is 0.176 e. The first-order valence-electron chi connectivity index (χ1n) is 5.78. The van der Waals surface area contributed by atoms with Crippen molar-refractivity contribution in [3.05, 3.63) is 36.7 Å². The highest BCUT2D eigenvalue weighted by molar-refractivity contribution is 5.82. The lowest BCUT2D eigenvalue weighted by Crippen LogP contribution is -3.00. The summed E-state index contributed by atoms with van der Waals surface area (Å²) in [6.45, 7) is 7.08. The standard InChI is InChI=1S/C14H18NO.HI/c1-4-16-14-6-5-13-10-15(11(2)3)8-7-12(13)9-14;/h5-11H,4H2,1-3H3;1H/q+1;/p-1. The Labute approximate surface area is 120 Å². The van der Waals surface area contributed by atoms with E-state index >= 15 is 0 Å². The monoisotopic (exact) mass is 343 g/mol. The van der Waals surface area contributed by atoms with Crippen LogP contribution in [0.2, 0.25) is 0 Å². The van der Waals surface area contributed by atoms with Crippen molar-refractivity contribution in [2.45, 2.75) is 26.8 Å². The van der Waals surface area contributed by atoms with E-state index < -0.39 is 0 Å². The molecule has 2 rings (SSSR count). The Hall–Kier alpha value is -0.840. The molecule has 0 saturated heterocycles. The summed E-state index contributed by atoms with van der Waals surface area (Å²) in [5, 5.41) is 2.47. The van der Waals surface area contributed by atoms with Crippen LogP contribution in [0.1, 0.15) is 26.8 Å². The molecule has 2 nitrogen and oxygen atoms in total. The number of hydrogen-bond donors (Lipinski definition) is 0. The van der Waals surface area contributed by atoms with Gasteiger partial charge in [0.15, 0.2) is 18.4 Å². The van der Waals surface area contributed by atoms with Crippen LogP contribution in [0.25, 0.3) is 10.8 Å². The molecule has 0 amide bonds. The Balaban J connectivity index is 0.00000144. The molecule has 92 valence electrons. The lowest BCUT2D eigenvalue weighted by Gasteiger charge is -2.05. The van der Waals surface area contributed by atoms with Crippen molar-refractivity contribution in [1.82, 2.24) is 0 Å². The third-order valence-corrected chi connectivity index (χ3v) is 2.68. The third kappa shape index (κ3) is 3.31. The van der Waals surface area contributed by atoms with Crippen LogP contribution in [0, 0.1) is 0 Å². The van der Waals surface area contributed by atoms with Crippen molar-refractivity contribution in [3.63, 3.8) is 0 Å². The molecule has 0 unspecified atom stereocenters. The quantitative estimate of drug-likeness (QED) is 0.570. The molecule has 0 fully saturated rings. The van der Waals surface area contributed by atoms with Gasteiger partial charge in [0.1, 0.15) is 5.75 Å². The Kier molecular flexibility index (Phi) is 5.18. The van der Waals surface area contributed by atoms with E-state index in [0.29, 0.717) is 12.6 Å². The summed E-state index contributed by atoms with van der Waals surface area (Å²) in [5.41, 5.74) is 0. The number of fused-ring (bicyclic) bond motifs is 1. The summed E-state index contributed by atoms with van der Waals surface area (Å²) < 4.78 is 7.70. The van der Waals surface area contributed by atoms with Gasteiger partial charge in [-0.05, 0) is 44.4 Å². The van der Waals surface area contributed by atoms with Gasteiger partial charge >= 0.3 is 0 Å². The van der Waals surface area contributed by atoms with Gasteiger partial charge in [-0.15, -0.1) is 0 Å². The van der Waals surface area contributed by atoms with E-state index in [1.54, 1.807) is 0 Å². The molecular formula is C14H18INO. The highest BCUT2D eigenvalue weighted by atomic mass is 127. The van der Waals surface area contributed by atoms with Crippen LogP contribution in [0.4, 0.5) is 0 Å². The van der Waals surface area contributed by atoms with Crippen molar-refractivity contribution in [1.29, 1.82) is 0 Å². The minimum Gasteiger partial charge on any atom is -1.00 e. The molecule has 0 atom stereocenters. The molecule has 0 radical (unpaired) electrons. The molecule has 1 aromatic heterocycles. The number of halogens is 1. The van der Waals surface area contributed by atoms with Gasteiger partial charge in [-0.25, -0.2) is 4.57 Å². The number of rotatable bonds is 3. The van der Waals surface area contributed by atoms with Gasteiger partial charge < -0.3 is 28.7 Å². The van der Waals surface area contributed by atoms with Crippen LogP contribution in [0.5, 0.6) is 5.75 Å². The fraction of sp³-hybridized carbons (Fsp3) is 0.357. The summed E-state index contributed by atoms with van der Waals surface area (Å²) in [6.07, 6.45) is 4.29. The van der Waals surface area contributed by atoms with Crippen molar-refractivity contribution in [2.24, 2.45) is 0 Å². The summed E-state index contributed by atoms with van der Waals surface area (Å²) in [6, 6.07) is 8.85. The fourth-order valence-corrected chi connectivity index (χ4v) is 1.76. The zero-order valence-corrected chi connectivity index (χ0v) is 12.6. The SMILES string of the molecule is CCOc1ccc2c[n+](C(C)C)ccc2c1.[I-]. The highest BCUT2D eigenvalue weighted by Gasteiger charge is 2.07. The Morgan fingerprint density at radius 2 is 1.94 bits per heavy atom. The van der Waals surface area contributed by atoms with E-state index in [9.17, 15) is 0 Å². The summed E-state index contributed by atoms with van der Waals surface area (Å²) in [5.74, 6) is 0.942. The minimum absolute atomic E-state index is 0. The van der Waals surface area contributed by atoms with Gasteiger partial charge in [0.25, 0.3) is 0 Å². The molecule has 3 heteroatoms. The van der Waals surface area contributed by atoms with E-state index in [1.165, 1.54) is 10.8 Å². The summed E-state index contributed by atoms with van der Waals surface area (Å²) >= 11 is 0. The van der Waals surface area contributed by atoms with E-state index in [2.05, 4.69) is 49.0 Å². The Bertz CT molecular complexity index is 497. The summed E-state index contributed by atoms with van der Waals surface area (Å²) in [7, 11) is 0. The van der Waals surface area contributed by atoms with Gasteiger partial charge in [0, 0.05) is 11.5 Å². The maximum absolute atomic E-state index is 5.48. The van der Waals surface area contributed by atoms with Crippen LogP contribution in [-0.2, 0) is 0 Å². The molecule has 0 aliphatic carbocycles. The van der Waals surface area contributed by atoms with E-state index in [4.69, 9.17) is 4.74 Å². The number of nitrogens with zero attached hydrogens (tertiary/aromatic N) is 1. The lowest BCUT2D eigenvalue weighted by molar-refractivity contribution is -0.715. The maximum Gasteiger partial charge on any atom is 0.176 e. The second-order valence-corrected chi connectivity index (χ2v) is 4.21. The number of hydrogen-bond acceptors (Lipinski definition) is 1. The van der Waals surface area contributed by atoms with Gasteiger partial charge in [-0.2, -0.15) is 0 Å². The van der Waals surface area contributed by atoms with Gasteiger partial charge in [0.2, 0.25) is 0 Å². The van der Waals surface area contributed by atoms with E-state index in [1.807, 2.05) is 13.0 Å². The molecule has 0 bridgehead atoms. The second-order valence-electron chi connectivity index (χ2n) is 4.21. The first-order chi connectivity index (χ1) is 7.70. The first-order valence-corrected chi connectivity index (χ1v) is 5.78. The predicted molar refractivity (Wildman–Crippen MR) is 65.7 cm³/mol. The van der Waals surface area contributed by atoms with Crippen molar-refractivity contribution < 1.29 is 33.3 Å². The second kappa shape index (κ2) is 6.19. The summed E-state index contributed by atoms with van der Waals surface area (Å²) in [4.78, 5) is 0. The molecule has 0 aliphatic heterocycles. The van der Waals surface area contributed by atoms with Crippen LogP contribution in [0.3, 0.4) is 0 Å². The molecule has 1 heterocycles. The zero-order chi connectivity index (χ0) is 11.5. The number of pyridine rings is 1. The van der Waals surface area contributed by atoms with Crippen molar-refractivity contribution in [2.75, 3.05) is 6.61 Å². The zero-order valence-electron chi connectivity index (χ0n) is 10.5. The number of aromatic nitrogens is 1. The van der Waals surface area contributed by atoms with Crippen LogP contribution < -0.4 is 33.3 Å². The van der Waals surface area contributed by atoms with Crippen LogP contribution in [0.15, 0.2) is 36.7 Å². The third-order valence-electron chi connectivity index (χ3n) is 2.68.